The molecule has 374 valence electrons. The van der Waals surface area contributed by atoms with Gasteiger partial charge < -0.3 is 28.4 Å². The summed E-state index contributed by atoms with van der Waals surface area (Å²) in [6.45, 7) is 9.68. The molecule has 1 spiro atoms. The van der Waals surface area contributed by atoms with Crippen LogP contribution in [0.5, 0.6) is 11.5 Å². The van der Waals surface area contributed by atoms with Gasteiger partial charge in [-0.15, -0.1) is 23.5 Å². The zero-order valence-corrected chi connectivity index (χ0v) is 41.7. The molecule has 0 radical (unpaired) electrons. The van der Waals surface area contributed by atoms with Gasteiger partial charge in [0.2, 0.25) is 0 Å². The fraction of sp³-hybridized carbons (Fsp3) is 0.660. The summed E-state index contributed by atoms with van der Waals surface area (Å²) in [5.74, 6) is -2.28. The molecule has 4 aliphatic carbocycles. The van der Waals surface area contributed by atoms with Crippen LogP contribution in [0.15, 0.2) is 41.2 Å². The Hall–Kier alpha value is -4.80. The molecular weight excluding hydrogens is 921 g/mol. The van der Waals surface area contributed by atoms with Crippen LogP contribution in [0.4, 0.5) is 0 Å². The van der Waals surface area contributed by atoms with Crippen molar-refractivity contribution in [2.45, 2.75) is 156 Å². The van der Waals surface area contributed by atoms with Gasteiger partial charge in [0, 0.05) is 12.2 Å². The van der Waals surface area contributed by atoms with Crippen molar-refractivity contribution >= 4 is 59.3 Å². The lowest BCUT2D eigenvalue weighted by atomic mass is 9.66. The number of thioether (sulfide) groups is 2. The molecule has 14 nitrogen and oxygen atoms in total. The number of carbonyl (C=O) groups excluding carboxylic acids is 6. The second-order valence-electron chi connectivity index (χ2n) is 19.5. The summed E-state index contributed by atoms with van der Waals surface area (Å²) in [5.41, 5.74) is 0.690. The smallest absolute Gasteiger partial charge is 0.330 e. The first-order chi connectivity index (χ1) is 33.4. The summed E-state index contributed by atoms with van der Waals surface area (Å²) >= 11 is 2.60. The Kier molecular flexibility index (Phi) is 20.5. The lowest BCUT2D eigenvalue weighted by Gasteiger charge is -2.39. The predicted octanol–water partition coefficient (Wildman–Crippen LogP) is 10.5. The highest BCUT2D eigenvalue weighted by Gasteiger charge is 2.43. The van der Waals surface area contributed by atoms with E-state index in [9.17, 15) is 39.3 Å². The molecule has 16 heteroatoms. The Labute approximate surface area is 415 Å². The van der Waals surface area contributed by atoms with Gasteiger partial charge in [0.05, 0.1) is 76.6 Å². The molecule has 6 rings (SSSR count). The Morgan fingerprint density at radius 1 is 0.623 bits per heavy atom. The van der Waals surface area contributed by atoms with E-state index in [1.54, 1.807) is 6.07 Å². The topological polar surface area (TPSA) is 205 Å². The van der Waals surface area contributed by atoms with Gasteiger partial charge in [0.25, 0.3) is 0 Å². The average molecular weight is 989 g/mol. The fourth-order valence-electron chi connectivity index (χ4n) is 10.9. The van der Waals surface area contributed by atoms with Gasteiger partial charge in [-0.1, -0.05) is 32.4 Å². The molecule has 1 aromatic rings. The molecule has 0 N–H and O–H groups in total. The molecule has 4 atom stereocenters. The number of aryl methyl sites for hydroxylation is 1. The Bertz CT molecular complexity index is 2100. The van der Waals surface area contributed by atoms with Crippen molar-refractivity contribution < 1.29 is 57.2 Å². The zero-order valence-electron chi connectivity index (χ0n) is 40.1. The highest BCUT2D eigenvalue weighted by molar-refractivity contribution is 8.19. The molecule has 4 fully saturated rings. The first kappa shape index (κ1) is 53.5. The summed E-state index contributed by atoms with van der Waals surface area (Å²) in [6, 6.07) is 5.93. The second kappa shape index (κ2) is 26.4. The minimum Gasteiger partial charge on any atom is -0.465 e. The Balaban J connectivity index is 1.00. The van der Waals surface area contributed by atoms with Crippen LogP contribution in [0.3, 0.4) is 0 Å². The second-order valence-corrected chi connectivity index (χ2v) is 22.1. The maximum atomic E-state index is 14.1. The van der Waals surface area contributed by atoms with Gasteiger partial charge in [-0.25, -0.2) is 9.59 Å². The zero-order chi connectivity index (χ0) is 49.3. The van der Waals surface area contributed by atoms with E-state index < -0.39 is 22.4 Å². The number of fused-ring (bicyclic) bond motifs is 1. The molecule has 0 saturated heterocycles. The van der Waals surface area contributed by atoms with Crippen molar-refractivity contribution in [3.8, 4) is 23.6 Å². The van der Waals surface area contributed by atoms with E-state index in [1.165, 1.54) is 23.5 Å². The molecule has 69 heavy (non-hydrogen) atoms. The van der Waals surface area contributed by atoms with Crippen LogP contribution in [0.1, 0.15) is 140 Å². The third-order valence-corrected chi connectivity index (χ3v) is 18.0. The number of ether oxygens (including phenoxy) is 6. The molecule has 1 heterocycles. The van der Waals surface area contributed by atoms with Crippen molar-refractivity contribution in [2.24, 2.45) is 46.8 Å². The first-order valence-corrected chi connectivity index (χ1v) is 26.8. The summed E-state index contributed by atoms with van der Waals surface area (Å²) in [4.78, 5) is 77.3. The molecular formula is C53H68N2O12S2. The highest BCUT2D eigenvalue weighted by atomic mass is 32.2. The Morgan fingerprint density at radius 3 is 1.70 bits per heavy atom. The maximum Gasteiger partial charge on any atom is 0.330 e. The van der Waals surface area contributed by atoms with Crippen LogP contribution >= 0.6 is 23.5 Å². The summed E-state index contributed by atoms with van der Waals surface area (Å²) in [6.07, 6.45) is 18.7. The van der Waals surface area contributed by atoms with Crippen LogP contribution in [-0.2, 0) is 47.7 Å². The number of hydrogen-bond donors (Lipinski definition) is 0. The predicted molar refractivity (Wildman–Crippen MR) is 257 cm³/mol. The highest BCUT2D eigenvalue weighted by Crippen LogP contribution is 2.59. The van der Waals surface area contributed by atoms with Crippen LogP contribution in [-0.4, -0.2) is 66.8 Å². The summed E-state index contributed by atoms with van der Waals surface area (Å²) in [5, 5.41) is 19.7. The number of nitrogens with zero attached hydrogens (tertiary/aromatic N) is 2. The number of unbranched alkanes of at least 4 members (excludes halogenated alkanes) is 2. The summed E-state index contributed by atoms with van der Waals surface area (Å²) in [7, 11) is 0. The van der Waals surface area contributed by atoms with E-state index in [0.717, 1.165) is 95.6 Å². The number of carbonyl (C=O) groups is 6. The van der Waals surface area contributed by atoms with Crippen molar-refractivity contribution in [3.05, 3.63) is 36.9 Å². The van der Waals surface area contributed by atoms with Gasteiger partial charge in [-0.3, -0.25) is 19.2 Å². The van der Waals surface area contributed by atoms with E-state index in [4.69, 9.17) is 28.4 Å². The normalized spacial score (nSPS) is 26.5. The minimum absolute atomic E-state index is 0.0640. The lowest BCUT2D eigenvalue weighted by molar-refractivity contribution is -0.151. The third kappa shape index (κ3) is 14.9. The van der Waals surface area contributed by atoms with Crippen LogP contribution in [0, 0.1) is 76.4 Å². The van der Waals surface area contributed by atoms with E-state index in [2.05, 4.69) is 25.3 Å². The lowest BCUT2D eigenvalue weighted by Crippen LogP contribution is -2.32. The monoisotopic (exact) mass is 988 g/mol. The largest absolute Gasteiger partial charge is 0.465 e. The fourth-order valence-corrected chi connectivity index (χ4v) is 13.9. The molecule has 1 aromatic carbocycles. The third-order valence-electron chi connectivity index (χ3n) is 15.0. The molecule has 1 aliphatic heterocycles. The van der Waals surface area contributed by atoms with Crippen molar-refractivity contribution in [1.82, 2.24) is 0 Å². The molecule has 0 bridgehead atoms. The van der Waals surface area contributed by atoms with Crippen molar-refractivity contribution in [1.29, 1.82) is 10.5 Å². The first-order valence-electron chi connectivity index (χ1n) is 25.0. The van der Waals surface area contributed by atoms with Gasteiger partial charge in [0.1, 0.15) is 11.5 Å². The van der Waals surface area contributed by atoms with Crippen LogP contribution < -0.4 is 9.47 Å². The van der Waals surface area contributed by atoms with E-state index >= 15 is 0 Å². The number of rotatable bonds is 20. The quantitative estimate of drug-likeness (QED) is 0.0392. The maximum absolute atomic E-state index is 14.1. The van der Waals surface area contributed by atoms with E-state index in [-0.39, 0.29) is 72.8 Å². The van der Waals surface area contributed by atoms with E-state index in [1.807, 2.05) is 6.92 Å². The molecule has 4 unspecified atom stereocenters. The SMILES string of the molecule is C=CC(=O)OCCCCOC(=O)C1CCC(C2CCCC(C(=O)Oc3cc(C)c(OC(=O)C4CCCC5(CCC(C(=O)OCCCCOC(=O)C=C)CC5)CC4)c4c3SC(C(C#N)C#N)S4)C2)CC1. The number of esters is 6. The van der Waals surface area contributed by atoms with Crippen molar-refractivity contribution in [3.63, 3.8) is 0 Å². The average Bonchev–Trinajstić information content (AvgIpc) is 3.71. The molecule has 5 aliphatic rings. The standard InChI is InChI=1S/C53H68N2O12S2/c1-4-43(56)62-26-6-8-28-64-48(58)37-17-15-35(16-18-37)39-12-10-13-40(31-39)51(61)66-42-30-34(3)45(47-46(42)68-52(69-47)41(32-54)33-55)67-50(60)36-14-11-22-53(23-19-36)24-20-38(21-25-53)49(59)65-29-9-7-27-63-44(57)5-2/h4-5,30,35-41,52H,1-2,6-29,31H2,3H3. The van der Waals surface area contributed by atoms with Gasteiger partial charge in [0.15, 0.2) is 5.92 Å². The van der Waals surface area contributed by atoms with Crippen LogP contribution in [0.2, 0.25) is 0 Å². The van der Waals surface area contributed by atoms with E-state index in [0.29, 0.717) is 96.7 Å². The number of nitriles is 2. The number of hydrogen-bond acceptors (Lipinski definition) is 16. The molecule has 0 amide bonds. The molecule has 0 aromatic heterocycles. The van der Waals surface area contributed by atoms with Crippen molar-refractivity contribution in [2.75, 3.05) is 26.4 Å². The number of benzene rings is 1. The van der Waals surface area contributed by atoms with Crippen LogP contribution in [0.25, 0.3) is 0 Å². The van der Waals surface area contributed by atoms with Gasteiger partial charge in [-0.05, 0) is 151 Å². The van der Waals surface area contributed by atoms with Gasteiger partial charge >= 0.3 is 35.8 Å². The molecule has 4 saturated carbocycles. The Morgan fingerprint density at radius 2 is 1.13 bits per heavy atom. The minimum atomic E-state index is -0.952. The summed E-state index contributed by atoms with van der Waals surface area (Å²) < 4.78 is 33.1. The van der Waals surface area contributed by atoms with Gasteiger partial charge in [-0.2, -0.15) is 10.5 Å².